The van der Waals surface area contributed by atoms with E-state index in [1.807, 2.05) is 29.7 Å². The molecule has 0 bridgehead atoms. The fourth-order valence-corrected chi connectivity index (χ4v) is 3.29. The van der Waals surface area contributed by atoms with Crippen molar-refractivity contribution in [3.8, 4) is 0 Å². The van der Waals surface area contributed by atoms with Gasteiger partial charge >= 0.3 is 5.69 Å². The second-order valence-electron chi connectivity index (χ2n) is 6.57. The number of carbonyl (C=O) groups excluding carboxylic acids is 1. The molecule has 8 heteroatoms. The van der Waals surface area contributed by atoms with Crippen molar-refractivity contribution in [2.75, 3.05) is 0 Å². The molecule has 0 spiro atoms. The highest BCUT2D eigenvalue weighted by Gasteiger charge is 2.22. The van der Waals surface area contributed by atoms with Gasteiger partial charge in [0.2, 0.25) is 0 Å². The summed E-state index contributed by atoms with van der Waals surface area (Å²) in [5.74, 6) is 0.603. The van der Waals surface area contributed by atoms with Crippen LogP contribution in [0.3, 0.4) is 0 Å². The van der Waals surface area contributed by atoms with E-state index in [1.54, 1.807) is 17.8 Å². The SMILES string of the molecule is Cc1ccn2cc(C(=O)NC3CCc4nn(C)c(=O)n4CC3)nc2c1. The number of imidazole rings is 1. The lowest BCUT2D eigenvalue weighted by Gasteiger charge is -2.14. The van der Waals surface area contributed by atoms with E-state index in [1.165, 1.54) is 4.68 Å². The summed E-state index contributed by atoms with van der Waals surface area (Å²) in [5, 5.41) is 7.30. The van der Waals surface area contributed by atoms with Gasteiger partial charge in [-0.25, -0.2) is 14.5 Å². The number of nitrogens with one attached hydrogen (secondary N) is 1. The van der Waals surface area contributed by atoms with Crippen molar-refractivity contribution in [3.63, 3.8) is 0 Å². The molecule has 0 aliphatic carbocycles. The molecule has 8 nitrogen and oxygen atoms in total. The number of aromatic nitrogens is 5. The van der Waals surface area contributed by atoms with Gasteiger partial charge in [0.25, 0.3) is 5.91 Å². The minimum absolute atomic E-state index is 0.00505. The van der Waals surface area contributed by atoms with Crippen LogP contribution in [0.5, 0.6) is 0 Å². The average Bonchev–Trinajstić information content (AvgIpc) is 3.05. The summed E-state index contributed by atoms with van der Waals surface area (Å²) in [6.07, 6.45) is 5.77. The third-order valence-electron chi connectivity index (χ3n) is 4.69. The molecule has 4 heterocycles. The Kier molecular flexibility index (Phi) is 3.67. The maximum atomic E-state index is 12.5. The van der Waals surface area contributed by atoms with Gasteiger partial charge in [-0.3, -0.25) is 9.36 Å². The summed E-state index contributed by atoms with van der Waals surface area (Å²) in [4.78, 5) is 28.9. The van der Waals surface area contributed by atoms with Gasteiger partial charge in [0.05, 0.1) is 0 Å². The Morgan fingerprint density at radius 1 is 1.36 bits per heavy atom. The Balaban J connectivity index is 1.48. The third kappa shape index (κ3) is 2.84. The lowest BCUT2D eigenvalue weighted by Crippen LogP contribution is -2.36. The van der Waals surface area contributed by atoms with Crippen LogP contribution in [0.25, 0.3) is 5.65 Å². The number of pyridine rings is 1. The summed E-state index contributed by atoms with van der Waals surface area (Å²) in [5.41, 5.74) is 2.17. The van der Waals surface area contributed by atoms with Crippen molar-refractivity contribution < 1.29 is 4.79 Å². The van der Waals surface area contributed by atoms with Crippen LogP contribution in [0, 0.1) is 6.92 Å². The molecule has 4 rings (SSSR count). The van der Waals surface area contributed by atoms with E-state index in [0.717, 1.165) is 23.5 Å². The molecule has 0 saturated heterocycles. The van der Waals surface area contributed by atoms with Gasteiger partial charge in [-0.15, -0.1) is 0 Å². The number of rotatable bonds is 2. The maximum Gasteiger partial charge on any atom is 0.345 e. The topological polar surface area (TPSA) is 86.2 Å². The third-order valence-corrected chi connectivity index (χ3v) is 4.69. The standard InChI is InChI=1S/C17H20N6O2/c1-11-5-7-22-10-13(19-15(22)9-11)16(24)18-12-3-4-14-20-21(2)17(25)23(14)8-6-12/h5,7,9-10,12H,3-4,6,8H2,1-2H3,(H,18,24). The van der Waals surface area contributed by atoms with E-state index in [4.69, 9.17) is 0 Å². The fourth-order valence-electron chi connectivity index (χ4n) is 3.29. The predicted octanol–water partition coefficient (Wildman–Crippen LogP) is 0.673. The highest BCUT2D eigenvalue weighted by Crippen LogP contribution is 2.13. The van der Waals surface area contributed by atoms with Crippen LogP contribution in [0.2, 0.25) is 0 Å². The molecule has 1 unspecified atom stereocenters. The van der Waals surface area contributed by atoms with E-state index in [2.05, 4.69) is 15.4 Å². The molecule has 1 amide bonds. The summed E-state index contributed by atoms with van der Waals surface area (Å²) < 4.78 is 4.90. The molecule has 1 aliphatic heterocycles. The number of nitrogens with zero attached hydrogens (tertiary/aromatic N) is 5. The van der Waals surface area contributed by atoms with E-state index in [0.29, 0.717) is 25.1 Å². The smallest absolute Gasteiger partial charge is 0.345 e. The first-order chi connectivity index (χ1) is 12.0. The van der Waals surface area contributed by atoms with Crippen molar-refractivity contribution in [3.05, 3.63) is 52.1 Å². The Morgan fingerprint density at radius 3 is 3.04 bits per heavy atom. The van der Waals surface area contributed by atoms with Crippen molar-refractivity contribution in [1.82, 2.24) is 29.0 Å². The van der Waals surface area contributed by atoms with E-state index >= 15 is 0 Å². The second-order valence-corrected chi connectivity index (χ2v) is 6.57. The van der Waals surface area contributed by atoms with Crippen LogP contribution in [0.4, 0.5) is 0 Å². The molecule has 3 aromatic heterocycles. The zero-order chi connectivity index (χ0) is 17.6. The van der Waals surface area contributed by atoms with Crippen LogP contribution in [-0.4, -0.2) is 35.7 Å². The summed E-state index contributed by atoms with van der Waals surface area (Å²) in [6.45, 7) is 2.56. The minimum Gasteiger partial charge on any atom is -0.348 e. The number of hydrogen-bond acceptors (Lipinski definition) is 4. The summed E-state index contributed by atoms with van der Waals surface area (Å²) in [6, 6.07) is 3.92. The molecule has 1 N–H and O–H groups in total. The molecule has 130 valence electrons. The number of fused-ring (bicyclic) bond motifs is 2. The van der Waals surface area contributed by atoms with Gasteiger partial charge in [-0.05, 0) is 37.5 Å². The second kappa shape index (κ2) is 5.87. The van der Waals surface area contributed by atoms with Gasteiger partial charge < -0.3 is 9.72 Å². The largest absolute Gasteiger partial charge is 0.348 e. The Hall–Kier alpha value is -2.90. The highest BCUT2D eigenvalue weighted by atomic mass is 16.2. The molecular weight excluding hydrogens is 320 g/mol. The van der Waals surface area contributed by atoms with Crippen molar-refractivity contribution in [2.24, 2.45) is 7.05 Å². The lowest BCUT2D eigenvalue weighted by atomic mass is 10.1. The van der Waals surface area contributed by atoms with Gasteiger partial charge in [0.1, 0.15) is 17.2 Å². The number of amides is 1. The Bertz CT molecular complexity index is 1010. The molecule has 25 heavy (non-hydrogen) atoms. The molecule has 0 fully saturated rings. The fraction of sp³-hybridized carbons (Fsp3) is 0.412. The van der Waals surface area contributed by atoms with Crippen LogP contribution in [0.1, 0.15) is 34.7 Å². The van der Waals surface area contributed by atoms with Gasteiger partial charge in [-0.1, -0.05) is 0 Å². The van der Waals surface area contributed by atoms with Crippen molar-refractivity contribution >= 4 is 11.6 Å². The number of hydrogen-bond donors (Lipinski definition) is 1. The van der Waals surface area contributed by atoms with Crippen LogP contribution >= 0.6 is 0 Å². The number of aryl methyl sites for hydroxylation is 3. The zero-order valence-electron chi connectivity index (χ0n) is 14.3. The molecule has 0 aromatic carbocycles. The molecule has 3 aromatic rings. The summed E-state index contributed by atoms with van der Waals surface area (Å²) >= 11 is 0. The van der Waals surface area contributed by atoms with E-state index in [-0.39, 0.29) is 17.6 Å². The first-order valence-corrected chi connectivity index (χ1v) is 8.40. The van der Waals surface area contributed by atoms with E-state index < -0.39 is 0 Å². The average molecular weight is 340 g/mol. The molecular formula is C17H20N6O2. The monoisotopic (exact) mass is 340 g/mol. The molecule has 0 saturated carbocycles. The number of carbonyl (C=O) groups is 1. The van der Waals surface area contributed by atoms with Gasteiger partial charge in [0, 0.05) is 38.4 Å². The van der Waals surface area contributed by atoms with Crippen molar-refractivity contribution in [2.45, 2.75) is 38.8 Å². The molecule has 1 aliphatic rings. The normalized spacial score (nSPS) is 17.3. The first-order valence-electron chi connectivity index (χ1n) is 8.40. The minimum atomic E-state index is -0.182. The van der Waals surface area contributed by atoms with Gasteiger partial charge in [0.15, 0.2) is 0 Å². The zero-order valence-corrected chi connectivity index (χ0v) is 14.3. The maximum absolute atomic E-state index is 12.5. The van der Waals surface area contributed by atoms with Crippen molar-refractivity contribution in [1.29, 1.82) is 0 Å². The lowest BCUT2D eigenvalue weighted by molar-refractivity contribution is 0.0928. The predicted molar refractivity (Wildman–Crippen MR) is 91.6 cm³/mol. The van der Waals surface area contributed by atoms with Crippen LogP contribution in [0.15, 0.2) is 29.3 Å². The van der Waals surface area contributed by atoms with Crippen LogP contribution < -0.4 is 11.0 Å². The molecule has 1 atom stereocenters. The Labute approximate surface area is 144 Å². The van der Waals surface area contributed by atoms with Gasteiger partial charge in [-0.2, -0.15) is 5.10 Å². The highest BCUT2D eigenvalue weighted by molar-refractivity contribution is 5.93. The Morgan fingerprint density at radius 2 is 2.20 bits per heavy atom. The molecule has 0 radical (unpaired) electrons. The first kappa shape index (κ1) is 15.6. The van der Waals surface area contributed by atoms with Crippen LogP contribution in [-0.2, 0) is 20.0 Å². The summed E-state index contributed by atoms with van der Waals surface area (Å²) in [7, 11) is 1.66. The van der Waals surface area contributed by atoms with E-state index in [9.17, 15) is 9.59 Å². The quantitative estimate of drug-likeness (QED) is 0.743.